The van der Waals surface area contributed by atoms with Crippen LogP contribution in [0.3, 0.4) is 0 Å². The van der Waals surface area contributed by atoms with Crippen LogP contribution < -0.4 is 11.1 Å². The minimum Gasteiger partial charge on any atom is -0.384 e. The summed E-state index contributed by atoms with van der Waals surface area (Å²) in [5, 5.41) is 3.34. The van der Waals surface area contributed by atoms with Crippen molar-refractivity contribution in [2.75, 3.05) is 22.6 Å². The summed E-state index contributed by atoms with van der Waals surface area (Å²) in [4.78, 5) is 8.49. The largest absolute Gasteiger partial charge is 0.384 e. The molecule has 1 unspecified atom stereocenters. The molecule has 0 radical (unpaired) electrons. The quantitative estimate of drug-likeness (QED) is 0.800. The van der Waals surface area contributed by atoms with Crippen LogP contribution in [-0.4, -0.2) is 27.5 Å². The lowest BCUT2D eigenvalue weighted by Crippen LogP contribution is -2.27. The summed E-state index contributed by atoms with van der Waals surface area (Å²) in [6.07, 6.45) is 2.47. The highest BCUT2D eigenvalue weighted by Gasteiger charge is 2.14. The van der Waals surface area contributed by atoms with Gasteiger partial charge in [0.1, 0.15) is 5.82 Å². The second-order valence-electron chi connectivity index (χ2n) is 3.82. The van der Waals surface area contributed by atoms with Gasteiger partial charge in [0.2, 0.25) is 5.95 Å². The number of aromatic nitrogens is 2. The molecule has 0 aliphatic carbocycles. The van der Waals surface area contributed by atoms with Gasteiger partial charge in [-0.2, -0.15) is 16.7 Å². The standard InChI is InChI=1S/C10H16N4S/c1-7-5-9(11)14-10(12-7)13-8-3-2-4-15-6-8/h5,8H,2-4,6H2,1H3,(H3,11,12,13,14). The average Bonchev–Trinajstić information content (AvgIpc) is 2.17. The fourth-order valence-corrected chi connectivity index (χ4v) is 2.77. The third-order valence-electron chi connectivity index (χ3n) is 2.37. The van der Waals surface area contributed by atoms with E-state index in [1.54, 1.807) is 6.07 Å². The van der Waals surface area contributed by atoms with E-state index in [9.17, 15) is 0 Å². The number of nitrogens with one attached hydrogen (secondary N) is 1. The number of rotatable bonds is 2. The van der Waals surface area contributed by atoms with Crippen LogP contribution in [0.2, 0.25) is 0 Å². The van der Waals surface area contributed by atoms with Gasteiger partial charge in [0, 0.05) is 23.6 Å². The Morgan fingerprint density at radius 3 is 3.07 bits per heavy atom. The first-order valence-corrected chi connectivity index (χ1v) is 6.35. The van der Waals surface area contributed by atoms with E-state index < -0.39 is 0 Å². The number of nitrogens with two attached hydrogens (primary N) is 1. The fraction of sp³-hybridized carbons (Fsp3) is 0.600. The Kier molecular flexibility index (Phi) is 3.30. The normalized spacial score (nSPS) is 21.3. The van der Waals surface area contributed by atoms with Crippen LogP contribution >= 0.6 is 11.8 Å². The smallest absolute Gasteiger partial charge is 0.225 e. The summed E-state index contributed by atoms with van der Waals surface area (Å²) in [6, 6.07) is 2.27. The lowest BCUT2D eigenvalue weighted by Gasteiger charge is -2.22. The van der Waals surface area contributed by atoms with Crippen molar-refractivity contribution in [2.24, 2.45) is 0 Å². The number of hydrogen-bond acceptors (Lipinski definition) is 5. The van der Waals surface area contributed by atoms with Gasteiger partial charge in [0.15, 0.2) is 0 Å². The van der Waals surface area contributed by atoms with E-state index in [2.05, 4.69) is 15.3 Å². The van der Waals surface area contributed by atoms with Gasteiger partial charge in [-0.3, -0.25) is 0 Å². The van der Waals surface area contributed by atoms with E-state index in [1.807, 2.05) is 18.7 Å². The molecule has 2 rings (SSSR count). The molecule has 2 heterocycles. The van der Waals surface area contributed by atoms with Crippen molar-refractivity contribution in [3.8, 4) is 0 Å². The highest BCUT2D eigenvalue weighted by atomic mass is 32.2. The fourth-order valence-electron chi connectivity index (χ4n) is 1.69. The van der Waals surface area contributed by atoms with Gasteiger partial charge in [0.25, 0.3) is 0 Å². The molecule has 1 aromatic heterocycles. The third-order valence-corrected chi connectivity index (χ3v) is 3.58. The maximum Gasteiger partial charge on any atom is 0.225 e. The van der Waals surface area contributed by atoms with Crippen molar-refractivity contribution >= 4 is 23.5 Å². The number of thioether (sulfide) groups is 1. The zero-order valence-electron chi connectivity index (χ0n) is 8.86. The van der Waals surface area contributed by atoms with E-state index in [1.165, 1.54) is 18.6 Å². The second kappa shape index (κ2) is 4.70. The molecule has 1 atom stereocenters. The third kappa shape index (κ3) is 2.99. The first kappa shape index (κ1) is 10.5. The Morgan fingerprint density at radius 2 is 2.40 bits per heavy atom. The van der Waals surface area contributed by atoms with E-state index in [-0.39, 0.29) is 0 Å². The highest BCUT2D eigenvalue weighted by molar-refractivity contribution is 7.99. The number of nitrogens with zero attached hydrogens (tertiary/aromatic N) is 2. The Hall–Kier alpha value is -0.970. The molecule has 0 spiro atoms. The summed E-state index contributed by atoms with van der Waals surface area (Å²) in [7, 11) is 0. The molecule has 15 heavy (non-hydrogen) atoms. The van der Waals surface area contributed by atoms with Crippen molar-refractivity contribution in [3.05, 3.63) is 11.8 Å². The molecule has 4 nitrogen and oxygen atoms in total. The maximum absolute atomic E-state index is 5.67. The van der Waals surface area contributed by atoms with Gasteiger partial charge in [-0.1, -0.05) is 0 Å². The summed E-state index contributed by atoms with van der Waals surface area (Å²) in [5.41, 5.74) is 6.58. The summed E-state index contributed by atoms with van der Waals surface area (Å²) < 4.78 is 0. The van der Waals surface area contributed by atoms with Crippen LogP contribution in [0.4, 0.5) is 11.8 Å². The van der Waals surface area contributed by atoms with E-state index >= 15 is 0 Å². The number of aryl methyl sites for hydroxylation is 1. The average molecular weight is 224 g/mol. The predicted molar refractivity (Wildman–Crippen MR) is 65.2 cm³/mol. The summed E-state index contributed by atoms with van der Waals surface area (Å²) in [5.74, 6) is 3.61. The molecule has 5 heteroatoms. The Balaban J connectivity index is 2.02. The highest BCUT2D eigenvalue weighted by Crippen LogP contribution is 2.19. The van der Waals surface area contributed by atoms with Crippen LogP contribution in [0.25, 0.3) is 0 Å². The first-order chi connectivity index (χ1) is 7.24. The van der Waals surface area contributed by atoms with Crippen LogP contribution in [0.5, 0.6) is 0 Å². The molecule has 0 aromatic carbocycles. The minimum absolute atomic E-state index is 0.491. The summed E-state index contributed by atoms with van der Waals surface area (Å²) >= 11 is 1.98. The predicted octanol–water partition coefficient (Wildman–Crippen LogP) is 1.67. The molecule has 82 valence electrons. The molecule has 1 fully saturated rings. The molecule has 1 aliphatic rings. The lowest BCUT2D eigenvalue weighted by molar-refractivity contribution is 0.678. The molecule has 0 saturated carbocycles. The monoisotopic (exact) mass is 224 g/mol. The Labute approximate surface area is 94.1 Å². The Morgan fingerprint density at radius 1 is 1.53 bits per heavy atom. The zero-order chi connectivity index (χ0) is 10.7. The van der Waals surface area contributed by atoms with Gasteiger partial charge in [-0.05, 0) is 25.5 Å². The molecule has 0 amide bonds. The molecule has 1 saturated heterocycles. The number of hydrogen-bond donors (Lipinski definition) is 2. The van der Waals surface area contributed by atoms with E-state index in [4.69, 9.17) is 5.73 Å². The molecule has 3 N–H and O–H groups in total. The van der Waals surface area contributed by atoms with Gasteiger partial charge >= 0.3 is 0 Å². The van der Waals surface area contributed by atoms with Crippen LogP contribution in [-0.2, 0) is 0 Å². The number of nitrogen functional groups attached to an aromatic ring is 1. The summed E-state index contributed by atoms with van der Waals surface area (Å²) in [6.45, 7) is 1.93. The molecule has 1 aliphatic heterocycles. The topological polar surface area (TPSA) is 63.8 Å². The maximum atomic E-state index is 5.67. The second-order valence-corrected chi connectivity index (χ2v) is 4.97. The first-order valence-electron chi connectivity index (χ1n) is 5.19. The van der Waals surface area contributed by atoms with Crippen molar-refractivity contribution in [2.45, 2.75) is 25.8 Å². The van der Waals surface area contributed by atoms with Gasteiger partial charge < -0.3 is 11.1 Å². The van der Waals surface area contributed by atoms with Crippen LogP contribution in [0.15, 0.2) is 6.07 Å². The minimum atomic E-state index is 0.491. The van der Waals surface area contributed by atoms with Crippen LogP contribution in [0.1, 0.15) is 18.5 Å². The van der Waals surface area contributed by atoms with Gasteiger partial charge in [-0.25, -0.2) is 4.98 Å². The van der Waals surface area contributed by atoms with Gasteiger partial charge in [-0.15, -0.1) is 0 Å². The van der Waals surface area contributed by atoms with Crippen molar-refractivity contribution < 1.29 is 0 Å². The van der Waals surface area contributed by atoms with Crippen molar-refractivity contribution in [1.82, 2.24) is 9.97 Å². The molecular formula is C10H16N4S. The molecule has 0 bridgehead atoms. The molecule has 1 aromatic rings. The SMILES string of the molecule is Cc1cc(N)nc(NC2CCCSC2)n1. The Bertz CT molecular complexity index is 316. The van der Waals surface area contributed by atoms with Crippen molar-refractivity contribution in [1.29, 1.82) is 0 Å². The zero-order valence-corrected chi connectivity index (χ0v) is 9.68. The lowest BCUT2D eigenvalue weighted by atomic mass is 10.2. The molecular weight excluding hydrogens is 208 g/mol. The van der Waals surface area contributed by atoms with Crippen LogP contribution in [0, 0.1) is 6.92 Å². The number of anilines is 2. The van der Waals surface area contributed by atoms with Gasteiger partial charge in [0.05, 0.1) is 0 Å². The van der Waals surface area contributed by atoms with E-state index in [0.29, 0.717) is 17.8 Å². The van der Waals surface area contributed by atoms with Crippen molar-refractivity contribution in [3.63, 3.8) is 0 Å². The van der Waals surface area contributed by atoms with E-state index in [0.717, 1.165) is 11.4 Å².